The summed E-state index contributed by atoms with van der Waals surface area (Å²) in [5.41, 5.74) is 1.52. The number of aryl methyl sites for hydroxylation is 1. The summed E-state index contributed by atoms with van der Waals surface area (Å²) in [6.07, 6.45) is 1.49. The fourth-order valence-electron chi connectivity index (χ4n) is 2.39. The minimum absolute atomic E-state index is 0.314. The Morgan fingerprint density at radius 2 is 1.95 bits per heavy atom. The van der Waals surface area contributed by atoms with Crippen LogP contribution in [0.3, 0.4) is 0 Å². The standard InChI is InChI=1S/C14H19N3O4S/c1-10(15-11(2)18)14(19)16-22(20,21)17-9-5-7-12-6-3-4-8-13(12)17/h3-4,6,8,10H,5,7,9H2,1-2H3,(H,15,18)(H,16,19). The Bertz CT molecular complexity index is 687. The number of hydrogen-bond donors (Lipinski definition) is 2. The molecule has 22 heavy (non-hydrogen) atoms. The van der Waals surface area contributed by atoms with Crippen LogP contribution in [0.2, 0.25) is 0 Å². The molecule has 0 fully saturated rings. The molecule has 1 atom stereocenters. The molecule has 1 aromatic rings. The molecule has 0 spiro atoms. The Labute approximate surface area is 129 Å². The number of benzene rings is 1. The molecular formula is C14H19N3O4S. The van der Waals surface area contributed by atoms with Gasteiger partial charge >= 0.3 is 10.2 Å². The van der Waals surface area contributed by atoms with Gasteiger partial charge in [-0.15, -0.1) is 0 Å². The van der Waals surface area contributed by atoms with Crippen LogP contribution in [0.4, 0.5) is 5.69 Å². The predicted molar refractivity (Wildman–Crippen MR) is 82.5 cm³/mol. The second-order valence-corrected chi connectivity index (χ2v) is 6.79. The zero-order valence-electron chi connectivity index (χ0n) is 12.5. The first-order valence-corrected chi connectivity index (χ1v) is 8.44. The summed E-state index contributed by atoms with van der Waals surface area (Å²) >= 11 is 0. The van der Waals surface area contributed by atoms with E-state index in [0.29, 0.717) is 18.7 Å². The maximum Gasteiger partial charge on any atom is 0.326 e. The van der Waals surface area contributed by atoms with E-state index in [9.17, 15) is 18.0 Å². The van der Waals surface area contributed by atoms with Gasteiger partial charge in [-0.2, -0.15) is 8.42 Å². The molecule has 8 heteroatoms. The van der Waals surface area contributed by atoms with Gasteiger partial charge in [-0.1, -0.05) is 18.2 Å². The van der Waals surface area contributed by atoms with E-state index >= 15 is 0 Å². The second kappa shape index (κ2) is 6.35. The topological polar surface area (TPSA) is 95.6 Å². The Balaban J connectivity index is 2.18. The molecule has 1 heterocycles. The third-order valence-electron chi connectivity index (χ3n) is 3.40. The molecule has 1 aromatic carbocycles. The normalized spacial score (nSPS) is 15.6. The van der Waals surface area contributed by atoms with Crippen molar-refractivity contribution in [3.63, 3.8) is 0 Å². The molecule has 2 rings (SSSR count). The lowest BCUT2D eigenvalue weighted by Crippen LogP contribution is -2.51. The fraction of sp³-hybridized carbons (Fsp3) is 0.429. The summed E-state index contributed by atoms with van der Waals surface area (Å²) in [5, 5.41) is 2.35. The minimum atomic E-state index is -3.99. The third kappa shape index (κ3) is 3.56. The highest BCUT2D eigenvalue weighted by molar-refractivity contribution is 7.91. The van der Waals surface area contributed by atoms with Gasteiger partial charge in [-0.05, 0) is 31.4 Å². The number of amides is 2. The molecular weight excluding hydrogens is 306 g/mol. The maximum absolute atomic E-state index is 12.4. The first kappa shape index (κ1) is 16.3. The van der Waals surface area contributed by atoms with Gasteiger partial charge in [0.2, 0.25) is 5.91 Å². The summed E-state index contributed by atoms with van der Waals surface area (Å²) in [4.78, 5) is 22.9. The van der Waals surface area contributed by atoms with E-state index in [1.165, 1.54) is 18.2 Å². The molecule has 2 N–H and O–H groups in total. The van der Waals surface area contributed by atoms with E-state index in [4.69, 9.17) is 0 Å². The Kier molecular flexibility index (Phi) is 4.70. The Morgan fingerprint density at radius 3 is 2.64 bits per heavy atom. The number of nitrogens with zero attached hydrogens (tertiary/aromatic N) is 1. The third-order valence-corrected chi connectivity index (χ3v) is 4.82. The number of anilines is 1. The summed E-state index contributed by atoms with van der Waals surface area (Å²) in [7, 11) is -3.99. The summed E-state index contributed by atoms with van der Waals surface area (Å²) in [6.45, 7) is 3.00. The molecule has 2 amide bonds. The van der Waals surface area contributed by atoms with Crippen LogP contribution in [-0.2, 0) is 26.2 Å². The average Bonchev–Trinajstić information content (AvgIpc) is 2.45. The summed E-state index contributed by atoms with van der Waals surface area (Å²) < 4.78 is 28.1. The number of carbonyl (C=O) groups excluding carboxylic acids is 2. The maximum atomic E-state index is 12.4. The Hall–Kier alpha value is -2.09. The van der Waals surface area contributed by atoms with Gasteiger partial charge in [-0.25, -0.2) is 4.72 Å². The molecule has 1 aliphatic rings. The summed E-state index contributed by atoms with van der Waals surface area (Å²) in [5.74, 6) is -1.17. The number of para-hydroxylation sites is 1. The highest BCUT2D eigenvalue weighted by Gasteiger charge is 2.30. The van der Waals surface area contributed by atoms with Crippen molar-refractivity contribution >= 4 is 27.7 Å². The first-order chi connectivity index (χ1) is 10.3. The molecule has 0 aliphatic carbocycles. The van der Waals surface area contributed by atoms with Gasteiger partial charge in [0.1, 0.15) is 6.04 Å². The monoisotopic (exact) mass is 325 g/mol. The molecule has 0 radical (unpaired) electrons. The minimum Gasteiger partial charge on any atom is -0.345 e. The zero-order valence-corrected chi connectivity index (χ0v) is 13.3. The highest BCUT2D eigenvalue weighted by atomic mass is 32.2. The van der Waals surface area contributed by atoms with Crippen molar-refractivity contribution in [2.24, 2.45) is 0 Å². The van der Waals surface area contributed by atoms with Crippen LogP contribution in [0.15, 0.2) is 24.3 Å². The zero-order chi connectivity index (χ0) is 16.3. The number of nitrogens with one attached hydrogen (secondary N) is 2. The van der Waals surface area contributed by atoms with E-state index in [2.05, 4.69) is 5.32 Å². The van der Waals surface area contributed by atoms with Crippen molar-refractivity contribution in [1.82, 2.24) is 10.0 Å². The molecule has 1 unspecified atom stereocenters. The van der Waals surface area contributed by atoms with Crippen LogP contribution in [0.25, 0.3) is 0 Å². The van der Waals surface area contributed by atoms with Crippen molar-refractivity contribution in [1.29, 1.82) is 0 Å². The number of fused-ring (bicyclic) bond motifs is 1. The molecule has 0 aromatic heterocycles. The SMILES string of the molecule is CC(=O)NC(C)C(=O)NS(=O)(=O)N1CCCc2ccccc21. The van der Waals surface area contributed by atoms with Crippen LogP contribution < -0.4 is 14.3 Å². The van der Waals surface area contributed by atoms with Crippen LogP contribution in [0.1, 0.15) is 25.8 Å². The lowest BCUT2D eigenvalue weighted by atomic mass is 10.0. The number of carbonyl (C=O) groups is 2. The molecule has 0 saturated carbocycles. The number of hydrogen-bond acceptors (Lipinski definition) is 4. The first-order valence-electron chi connectivity index (χ1n) is 7.00. The lowest BCUT2D eigenvalue weighted by Gasteiger charge is -2.30. The lowest BCUT2D eigenvalue weighted by molar-refractivity contribution is -0.126. The number of rotatable bonds is 4. The fourth-order valence-corrected chi connectivity index (χ4v) is 3.74. The van der Waals surface area contributed by atoms with Crippen LogP contribution in [0.5, 0.6) is 0 Å². The van der Waals surface area contributed by atoms with E-state index in [1.807, 2.05) is 16.9 Å². The van der Waals surface area contributed by atoms with Crippen molar-refractivity contribution in [3.05, 3.63) is 29.8 Å². The van der Waals surface area contributed by atoms with Gasteiger partial charge in [0, 0.05) is 13.5 Å². The quantitative estimate of drug-likeness (QED) is 0.833. The molecule has 0 saturated heterocycles. The molecule has 7 nitrogen and oxygen atoms in total. The van der Waals surface area contributed by atoms with E-state index in [1.54, 1.807) is 12.1 Å². The Morgan fingerprint density at radius 1 is 1.27 bits per heavy atom. The van der Waals surface area contributed by atoms with Gasteiger partial charge < -0.3 is 5.32 Å². The van der Waals surface area contributed by atoms with Gasteiger partial charge in [0.05, 0.1) is 5.69 Å². The van der Waals surface area contributed by atoms with Crippen LogP contribution in [0, 0.1) is 0 Å². The van der Waals surface area contributed by atoms with Crippen molar-refractivity contribution in [2.45, 2.75) is 32.7 Å². The molecule has 120 valence electrons. The van der Waals surface area contributed by atoms with Gasteiger partial charge in [-0.3, -0.25) is 13.9 Å². The second-order valence-electron chi connectivity index (χ2n) is 5.20. The molecule has 0 bridgehead atoms. The highest BCUT2D eigenvalue weighted by Crippen LogP contribution is 2.28. The average molecular weight is 325 g/mol. The van der Waals surface area contributed by atoms with Gasteiger partial charge in [0.15, 0.2) is 0 Å². The summed E-state index contributed by atoms with van der Waals surface area (Å²) in [6, 6.07) is 6.28. The molecule has 1 aliphatic heterocycles. The van der Waals surface area contributed by atoms with Crippen molar-refractivity contribution in [2.75, 3.05) is 10.8 Å². The van der Waals surface area contributed by atoms with Gasteiger partial charge in [0.25, 0.3) is 5.91 Å². The smallest absolute Gasteiger partial charge is 0.326 e. The van der Waals surface area contributed by atoms with E-state index in [0.717, 1.165) is 12.0 Å². The largest absolute Gasteiger partial charge is 0.345 e. The van der Waals surface area contributed by atoms with Crippen LogP contribution in [-0.4, -0.2) is 32.8 Å². The van der Waals surface area contributed by atoms with Crippen LogP contribution >= 0.6 is 0 Å². The predicted octanol–water partition coefficient (Wildman–Crippen LogP) is 0.325. The van der Waals surface area contributed by atoms with E-state index in [-0.39, 0.29) is 0 Å². The van der Waals surface area contributed by atoms with Crippen molar-refractivity contribution in [3.8, 4) is 0 Å². The van der Waals surface area contributed by atoms with Crippen molar-refractivity contribution < 1.29 is 18.0 Å². The van der Waals surface area contributed by atoms with E-state index < -0.39 is 28.1 Å².